The molecule has 0 bridgehead atoms. The Labute approximate surface area is 119 Å². The van der Waals surface area contributed by atoms with Gasteiger partial charge in [-0.15, -0.1) is 11.3 Å². The third-order valence-corrected chi connectivity index (χ3v) is 3.49. The van der Waals surface area contributed by atoms with Gasteiger partial charge in [0, 0.05) is 12.6 Å². The zero-order valence-electron chi connectivity index (χ0n) is 10.7. The van der Waals surface area contributed by atoms with Gasteiger partial charge in [-0.1, -0.05) is 0 Å². The van der Waals surface area contributed by atoms with Crippen molar-refractivity contribution in [1.82, 2.24) is 9.97 Å². The van der Waals surface area contributed by atoms with Crippen molar-refractivity contribution in [2.75, 3.05) is 5.32 Å². The van der Waals surface area contributed by atoms with Crippen molar-refractivity contribution in [3.05, 3.63) is 42.0 Å². The highest BCUT2D eigenvalue weighted by molar-refractivity contribution is 7.17. The van der Waals surface area contributed by atoms with Gasteiger partial charge >= 0.3 is 0 Å². The van der Waals surface area contributed by atoms with Gasteiger partial charge in [-0.05, 0) is 35.7 Å². The van der Waals surface area contributed by atoms with Crippen molar-refractivity contribution in [2.45, 2.75) is 6.92 Å². The van der Waals surface area contributed by atoms with Crippen LogP contribution in [-0.4, -0.2) is 15.9 Å². The van der Waals surface area contributed by atoms with Gasteiger partial charge in [0.1, 0.15) is 16.8 Å². The Hall–Kier alpha value is -2.47. The molecule has 20 heavy (non-hydrogen) atoms. The minimum atomic E-state index is -0.102. The van der Waals surface area contributed by atoms with E-state index in [9.17, 15) is 4.79 Å². The minimum absolute atomic E-state index is 0.102. The van der Waals surface area contributed by atoms with Crippen molar-refractivity contribution in [1.29, 1.82) is 0 Å². The average Bonchev–Trinajstić information content (AvgIpc) is 2.90. The second-order valence-electron chi connectivity index (χ2n) is 4.12. The van der Waals surface area contributed by atoms with E-state index >= 15 is 0 Å². The topological polar surface area (TPSA) is 64.1 Å². The predicted molar refractivity (Wildman–Crippen MR) is 78.2 cm³/mol. The van der Waals surface area contributed by atoms with Gasteiger partial charge in [0.25, 0.3) is 0 Å². The first-order chi connectivity index (χ1) is 9.72. The number of benzene rings is 1. The van der Waals surface area contributed by atoms with E-state index in [-0.39, 0.29) is 5.91 Å². The van der Waals surface area contributed by atoms with Gasteiger partial charge in [-0.3, -0.25) is 4.79 Å². The number of ether oxygens (including phenoxy) is 1. The van der Waals surface area contributed by atoms with E-state index in [1.165, 1.54) is 24.6 Å². The molecule has 5 nitrogen and oxygen atoms in total. The number of carbonyl (C=O) groups is 1. The molecule has 0 fully saturated rings. The van der Waals surface area contributed by atoms with Crippen LogP contribution in [-0.2, 0) is 4.79 Å². The first-order valence-electron chi connectivity index (χ1n) is 5.96. The molecule has 0 radical (unpaired) electrons. The van der Waals surface area contributed by atoms with E-state index in [2.05, 4.69) is 15.3 Å². The molecule has 6 heteroatoms. The maximum Gasteiger partial charge on any atom is 0.240 e. The maximum absolute atomic E-state index is 10.9. The number of nitrogens with one attached hydrogen (secondary N) is 1. The van der Waals surface area contributed by atoms with Crippen LogP contribution in [0.2, 0.25) is 0 Å². The van der Waals surface area contributed by atoms with Crippen molar-refractivity contribution >= 4 is 33.1 Å². The van der Waals surface area contributed by atoms with E-state index < -0.39 is 0 Å². The van der Waals surface area contributed by atoms with Crippen LogP contribution >= 0.6 is 11.3 Å². The Kier molecular flexibility index (Phi) is 3.30. The number of nitrogens with zero attached hydrogens (tertiary/aromatic N) is 2. The highest BCUT2D eigenvalue weighted by atomic mass is 32.1. The summed E-state index contributed by atoms with van der Waals surface area (Å²) in [5.41, 5.74) is 1.60. The lowest BCUT2D eigenvalue weighted by Crippen LogP contribution is -2.05. The number of thiophene rings is 1. The summed E-state index contributed by atoms with van der Waals surface area (Å²) < 4.78 is 6.67. The van der Waals surface area contributed by atoms with E-state index in [4.69, 9.17) is 4.74 Å². The zero-order valence-corrected chi connectivity index (χ0v) is 11.5. The normalized spacial score (nSPS) is 10.4. The number of amides is 1. The second-order valence-corrected chi connectivity index (χ2v) is 5.04. The predicted octanol–water partition coefficient (Wildman–Crippen LogP) is 3.44. The number of fused-ring (bicyclic) bond motifs is 1. The number of rotatable bonds is 3. The van der Waals surface area contributed by atoms with Gasteiger partial charge in [-0.25, -0.2) is 9.97 Å². The summed E-state index contributed by atoms with van der Waals surface area (Å²) in [6, 6.07) is 9.06. The molecule has 1 N–H and O–H groups in total. The lowest BCUT2D eigenvalue weighted by Gasteiger charge is -2.06. The number of hydrogen-bond acceptors (Lipinski definition) is 5. The molecule has 0 unspecified atom stereocenters. The summed E-state index contributed by atoms with van der Waals surface area (Å²) in [6.45, 7) is 1.47. The highest BCUT2D eigenvalue weighted by Gasteiger charge is 2.07. The van der Waals surface area contributed by atoms with Crippen molar-refractivity contribution < 1.29 is 9.53 Å². The molecular weight excluding hydrogens is 274 g/mol. The minimum Gasteiger partial charge on any atom is -0.437 e. The Morgan fingerprint density at radius 2 is 2.00 bits per heavy atom. The standard InChI is InChI=1S/C14H11N3O2S/c1-9(18)17-10-2-4-11(5-3-10)19-14-13-12(6-7-20-13)15-8-16-14/h2-8H,1H3,(H,17,18). The molecule has 100 valence electrons. The lowest BCUT2D eigenvalue weighted by atomic mass is 10.3. The van der Waals surface area contributed by atoms with Gasteiger partial charge in [0.15, 0.2) is 0 Å². The molecule has 0 saturated heterocycles. The van der Waals surface area contributed by atoms with Crippen LogP contribution in [0.1, 0.15) is 6.92 Å². The van der Waals surface area contributed by atoms with Crippen LogP contribution in [0.4, 0.5) is 5.69 Å². The summed E-state index contributed by atoms with van der Waals surface area (Å²) in [5.74, 6) is 1.10. The lowest BCUT2D eigenvalue weighted by molar-refractivity contribution is -0.114. The number of hydrogen-bond donors (Lipinski definition) is 1. The van der Waals surface area contributed by atoms with Crippen molar-refractivity contribution in [2.24, 2.45) is 0 Å². The largest absolute Gasteiger partial charge is 0.437 e. The third-order valence-electron chi connectivity index (χ3n) is 2.60. The molecule has 2 heterocycles. The maximum atomic E-state index is 10.9. The Morgan fingerprint density at radius 1 is 1.20 bits per heavy atom. The summed E-state index contributed by atoms with van der Waals surface area (Å²) in [5, 5.41) is 4.65. The first-order valence-corrected chi connectivity index (χ1v) is 6.84. The van der Waals surface area contributed by atoms with Gasteiger partial charge in [0.05, 0.1) is 5.52 Å². The number of aromatic nitrogens is 2. The third kappa shape index (κ3) is 2.60. The van der Waals surface area contributed by atoms with Crippen LogP contribution in [0.15, 0.2) is 42.0 Å². The SMILES string of the molecule is CC(=O)Nc1ccc(Oc2ncnc3ccsc23)cc1. The molecule has 0 atom stereocenters. The fourth-order valence-electron chi connectivity index (χ4n) is 1.76. The molecule has 0 aliphatic carbocycles. The molecule has 2 aromatic heterocycles. The molecule has 1 amide bonds. The molecule has 0 aliphatic rings. The second kappa shape index (κ2) is 5.26. The van der Waals surface area contributed by atoms with Crippen LogP contribution in [0.5, 0.6) is 11.6 Å². The molecule has 0 spiro atoms. The Bertz CT molecular complexity index is 752. The summed E-state index contributed by atoms with van der Waals surface area (Å²) in [7, 11) is 0. The zero-order chi connectivity index (χ0) is 13.9. The Morgan fingerprint density at radius 3 is 2.75 bits per heavy atom. The van der Waals surface area contributed by atoms with Gasteiger partial charge in [-0.2, -0.15) is 0 Å². The first kappa shape index (κ1) is 12.6. The molecule has 3 aromatic rings. The smallest absolute Gasteiger partial charge is 0.240 e. The fraction of sp³-hybridized carbons (Fsp3) is 0.0714. The quantitative estimate of drug-likeness (QED) is 0.800. The molecular formula is C14H11N3O2S. The monoisotopic (exact) mass is 285 g/mol. The molecule has 1 aromatic carbocycles. The van der Waals surface area contributed by atoms with Crippen molar-refractivity contribution in [3.63, 3.8) is 0 Å². The van der Waals surface area contributed by atoms with Crippen LogP contribution < -0.4 is 10.1 Å². The van der Waals surface area contributed by atoms with Crippen molar-refractivity contribution in [3.8, 4) is 11.6 Å². The van der Waals surface area contributed by atoms with E-state index in [1.807, 2.05) is 11.4 Å². The summed E-state index contributed by atoms with van der Waals surface area (Å²) in [6.07, 6.45) is 1.48. The molecule has 3 rings (SSSR count). The summed E-state index contributed by atoms with van der Waals surface area (Å²) >= 11 is 1.54. The number of anilines is 1. The number of carbonyl (C=O) groups excluding carboxylic acids is 1. The van der Waals surface area contributed by atoms with Crippen LogP contribution in [0, 0.1) is 0 Å². The van der Waals surface area contributed by atoms with E-state index in [1.54, 1.807) is 24.3 Å². The average molecular weight is 285 g/mol. The van der Waals surface area contributed by atoms with Gasteiger partial charge in [0.2, 0.25) is 11.8 Å². The molecule has 0 aliphatic heterocycles. The van der Waals surface area contributed by atoms with E-state index in [0.29, 0.717) is 11.6 Å². The highest BCUT2D eigenvalue weighted by Crippen LogP contribution is 2.30. The van der Waals surface area contributed by atoms with Crippen LogP contribution in [0.25, 0.3) is 10.2 Å². The fourth-order valence-corrected chi connectivity index (χ4v) is 2.53. The molecule has 0 saturated carbocycles. The summed E-state index contributed by atoms with van der Waals surface area (Å²) in [4.78, 5) is 19.3. The van der Waals surface area contributed by atoms with Crippen LogP contribution in [0.3, 0.4) is 0 Å². The van der Waals surface area contributed by atoms with Gasteiger partial charge < -0.3 is 10.1 Å². The Balaban J connectivity index is 1.84. The van der Waals surface area contributed by atoms with E-state index in [0.717, 1.165) is 15.9 Å².